The number of hydrogen-bond donors (Lipinski definition) is 2. The van der Waals surface area contributed by atoms with Gasteiger partial charge in [-0.25, -0.2) is 0 Å². The van der Waals surface area contributed by atoms with Crippen LogP contribution in [-0.4, -0.2) is 13.1 Å². The van der Waals surface area contributed by atoms with Crippen LogP contribution in [0.4, 0.5) is 0 Å². The molecule has 0 aliphatic heterocycles. The van der Waals surface area contributed by atoms with Crippen molar-refractivity contribution in [3.8, 4) is 0 Å². The molecular weight excluding hydrogens is 302 g/mol. The molecule has 0 unspecified atom stereocenters. The van der Waals surface area contributed by atoms with Crippen molar-refractivity contribution in [2.75, 3.05) is 13.1 Å². The monoisotopic (exact) mass is 312 g/mol. The first-order valence-electron chi connectivity index (χ1n) is 2.54. The molecule has 0 rings (SSSR count). The van der Waals surface area contributed by atoms with Gasteiger partial charge in [0, 0.05) is 13.1 Å². The van der Waals surface area contributed by atoms with Crippen LogP contribution in [0.5, 0.6) is 0 Å². The summed E-state index contributed by atoms with van der Waals surface area (Å²) in [5.74, 6) is 0. The van der Waals surface area contributed by atoms with Gasteiger partial charge < -0.3 is 40.2 Å². The van der Waals surface area contributed by atoms with E-state index in [4.69, 9.17) is 40.2 Å². The second kappa shape index (κ2) is 42.7. The quantitative estimate of drug-likeness (QED) is 0.354. The third-order valence-corrected chi connectivity index (χ3v) is 0.167. The Hall–Kier alpha value is 4.22. The Labute approximate surface area is 184 Å². The van der Waals surface area contributed by atoms with Crippen molar-refractivity contribution in [2.24, 2.45) is 11.5 Å². The summed E-state index contributed by atoms with van der Waals surface area (Å²) in [6.45, 7) is 1.19. The average Bonchev–Trinajstić information content (AvgIpc) is 1.85. The van der Waals surface area contributed by atoms with E-state index in [-0.39, 0.29) is 118 Å². The molecule has 14 heteroatoms. The zero-order valence-corrected chi connectivity index (χ0v) is 20.0. The van der Waals surface area contributed by atoms with Crippen molar-refractivity contribution in [1.29, 1.82) is 0 Å². The minimum atomic E-state index is -3.63. The van der Waals surface area contributed by atoms with E-state index in [1.807, 2.05) is 0 Å². The second-order valence-corrected chi connectivity index (χ2v) is 2.08. The molecule has 0 heterocycles. The van der Waals surface area contributed by atoms with Crippen LogP contribution in [0.1, 0.15) is 0 Å². The molecule has 0 aromatic carbocycles. The van der Waals surface area contributed by atoms with E-state index < -0.39 is 16.5 Å². The fourth-order valence-electron chi connectivity index (χ4n) is 0. The Balaban J connectivity index is -0.0000000135. The van der Waals surface area contributed by atoms with Crippen molar-refractivity contribution in [3.63, 3.8) is 0 Å². The minimum absolute atomic E-state index is 0. The number of hydrogen-bond acceptors (Lipinski definition) is 8. The molecule has 0 aromatic heterocycles. The zero-order chi connectivity index (χ0) is 10.6. The van der Waals surface area contributed by atoms with Crippen LogP contribution in [0, 0.1) is 0 Å². The Kier molecular flexibility index (Phi) is 114. The van der Waals surface area contributed by atoms with Crippen LogP contribution in [0.15, 0.2) is 0 Å². The van der Waals surface area contributed by atoms with Gasteiger partial charge in [-0.2, -0.15) is 0 Å². The largest absolute Gasteiger partial charge is 1.00 e. The average molecular weight is 312 g/mol. The first-order chi connectivity index (χ1) is 5.38. The maximum absolute atomic E-state index is 8.52. The van der Waals surface area contributed by atoms with Crippen LogP contribution in [0.25, 0.3) is 0 Å². The normalized spacial score (nSPS) is 6.25. The van der Waals surface area contributed by atoms with E-state index in [1.165, 1.54) is 0 Å². The van der Waals surface area contributed by atoms with Crippen molar-refractivity contribution < 1.29 is 147 Å². The molecule has 16 heavy (non-hydrogen) atoms. The summed E-state index contributed by atoms with van der Waals surface area (Å²) in [6.07, 6.45) is 0. The molecule has 0 saturated carbocycles. The third kappa shape index (κ3) is 198. The van der Waals surface area contributed by atoms with Crippen molar-refractivity contribution in [3.05, 3.63) is 0 Å². The van der Waals surface area contributed by atoms with E-state index in [2.05, 4.69) is 0 Å². The van der Waals surface area contributed by atoms with Gasteiger partial charge in [0.1, 0.15) is 0 Å². The maximum Gasteiger partial charge on any atom is 1.00 e. The summed E-state index contributed by atoms with van der Waals surface area (Å²) in [6, 6.07) is 0. The van der Waals surface area contributed by atoms with Crippen molar-refractivity contribution in [1.82, 2.24) is 0 Å². The Morgan fingerprint density at radius 1 is 0.688 bits per heavy atom. The molecule has 0 atom stereocenters. The standard InChI is InChI=1S/C2H8N2.4Na.2H3O3P/c3-1-2-4;;;;;2*1-4(2)3/h1-4H2;;;;;2*4H,(H2,1,2,3)/q;4*+1;;/p-4. The molecule has 0 fully saturated rings. The molecule has 78 valence electrons. The molecule has 0 radical (unpaired) electrons. The van der Waals surface area contributed by atoms with Gasteiger partial charge in [-0.1, -0.05) is 16.5 Å². The summed E-state index contributed by atoms with van der Waals surface area (Å²) in [7, 11) is -7.26. The van der Waals surface area contributed by atoms with Crippen LogP contribution in [0.2, 0.25) is 0 Å². The first-order valence-corrected chi connectivity index (χ1v) is 4.99. The summed E-state index contributed by atoms with van der Waals surface area (Å²) in [5.41, 5.74) is 9.81. The van der Waals surface area contributed by atoms with E-state index in [0.29, 0.717) is 13.1 Å². The van der Waals surface area contributed by atoms with Crippen LogP contribution < -0.4 is 149 Å². The number of nitrogens with two attached hydrogens (primary N) is 2. The van der Waals surface area contributed by atoms with Crippen LogP contribution in [-0.2, 0) is 9.13 Å². The SMILES string of the molecule is NCCN.O=[PH]([O-])[O-].O=[PH]([O-])[O-].[Na+].[Na+].[Na+].[Na+]. The Morgan fingerprint density at radius 2 is 0.750 bits per heavy atom. The fraction of sp³-hybridized carbons (Fsp3) is 1.00. The van der Waals surface area contributed by atoms with Crippen molar-refractivity contribution in [2.45, 2.75) is 0 Å². The topological polar surface area (TPSA) is 178 Å². The molecule has 8 nitrogen and oxygen atoms in total. The molecule has 0 saturated heterocycles. The predicted molar refractivity (Wildman–Crippen MR) is 36.1 cm³/mol. The maximum atomic E-state index is 8.52. The van der Waals surface area contributed by atoms with E-state index >= 15 is 0 Å². The predicted octanol–water partition coefficient (Wildman–Crippen LogP) is -16.9. The fourth-order valence-corrected chi connectivity index (χ4v) is 0. The van der Waals surface area contributed by atoms with E-state index in [9.17, 15) is 0 Å². The molecule has 0 aromatic rings. The molecule has 0 aliphatic rings. The summed E-state index contributed by atoms with van der Waals surface area (Å²) in [4.78, 5) is 34.1. The van der Waals surface area contributed by atoms with Gasteiger partial charge in [-0.3, -0.25) is 0 Å². The van der Waals surface area contributed by atoms with Gasteiger partial charge >= 0.3 is 118 Å². The Bertz CT molecular complexity index is 111. The van der Waals surface area contributed by atoms with Crippen LogP contribution >= 0.6 is 16.5 Å². The van der Waals surface area contributed by atoms with Crippen molar-refractivity contribution >= 4 is 16.5 Å². The zero-order valence-electron chi connectivity index (χ0n) is 10.0. The smallest absolute Gasteiger partial charge is 0.813 e. The number of rotatable bonds is 1. The van der Waals surface area contributed by atoms with Crippen LogP contribution in [0.3, 0.4) is 0 Å². The third-order valence-electron chi connectivity index (χ3n) is 0.167. The molecule has 0 aliphatic carbocycles. The van der Waals surface area contributed by atoms with E-state index in [0.717, 1.165) is 0 Å². The van der Waals surface area contributed by atoms with E-state index in [1.54, 1.807) is 0 Å². The Morgan fingerprint density at radius 3 is 0.750 bits per heavy atom. The molecule has 0 bridgehead atoms. The summed E-state index contributed by atoms with van der Waals surface area (Å²) in [5, 5.41) is 0. The summed E-state index contributed by atoms with van der Waals surface area (Å²) < 4.78 is 17.0. The van der Waals surface area contributed by atoms with Gasteiger partial charge in [0.05, 0.1) is 0 Å². The van der Waals surface area contributed by atoms with Gasteiger partial charge in [0.15, 0.2) is 0 Å². The van der Waals surface area contributed by atoms with Gasteiger partial charge in [0.25, 0.3) is 0 Å². The summed E-state index contributed by atoms with van der Waals surface area (Å²) >= 11 is 0. The molecular formula is C2H10N2Na4O6P2. The first kappa shape index (κ1) is 42.7. The minimum Gasteiger partial charge on any atom is -0.813 e. The van der Waals surface area contributed by atoms with Gasteiger partial charge in [-0.15, -0.1) is 0 Å². The van der Waals surface area contributed by atoms with Gasteiger partial charge in [-0.05, 0) is 0 Å². The van der Waals surface area contributed by atoms with Gasteiger partial charge in [0.2, 0.25) is 0 Å². The molecule has 4 N–H and O–H groups in total. The molecule has 0 amide bonds. The molecule has 0 spiro atoms. The second-order valence-electron chi connectivity index (χ2n) is 1.08.